The van der Waals surface area contributed by atoms with Crippen molar-refractivity contribution in [1.82, 2.24) is 10.2 Å². The lowest BCUT2D eigenvalue weighted by Crippen LogP contribution is -2.43. The molecule has 1 aromatic carbocycles. The number of nitrogens with zero attached hydrogens (tertiary/aromatic N) is 2. The van der Waals surface area contributed by atoms with Crippen molar-refractivity contribution < 1.29 is 4.79 Å². The number of hydrogen-bond acceptors (Lipinski definition) is 3. The molecule has 100 valence electrons. The minimum absolute atomic E-state index is 0.0495. The van der Waals surface area contributed by atoms with E-state index in [1.165, 1.54) is 5.56 Å². The van der Waals surface area contributed by atoms with E-state index in [4.69, 9.17) is 5.26 Å². The van der Waals surface area contributed by atoms with Gasteiger partial charge < -0.3 is 10.2 Å². The van der Waals surface area contributed by atoms with Gasteiger partial charge in [-0.25, -0.2) is 0 Å². The van der Waals surface area contributed by atoms with Crippen LogP contribution < -0.4 is 5.32 Å². The van der Waals surface area contributed by atoms with Crippen LogP contribution >= 0.6 is 0 Å². The van der Waals surface area contributed by atoms with Gasteiger partial charge in [-0.3, -0.25) is 4.79 Å². The van der Waals surface area contributed by atoms with Crippen LogP contribution in [-0.2, 0) is 11.3 Å². The molecule has 1 N–H and O–H groups in total. The maximum absolute atomic E-state index is 12.6. The fourth-order valence-electron chi connectivity index (χ4n) is 2.45. The summed E-state index contributed by atoms with van der Waals surface area (Å²) in [7, 11) is 1.78. The molecule has 0 saturated carbocycles. The minimum Gasteiger partial charge on any atom is -0.341 e. The number of rotatable bonds is 3. The molecular formula is C15H19N3O. The number of carbonyl (C=O) groups excluding carboxylic acids is 1. The first-order valence-electron chi connectivity index (χ1n) is 6.57. The van der Waals surface area contributed by atoms with Crippen molar-refractivity contribution in [1.29, 1.82) is 5.26 Å². The molecular weight excluding hydrogens is 238 g/mol. The van der Waals surface area contributed by atoms with Crippen LogP contribution in [0, 0.1) is 11.3 Å². The molecule has 1 aliphatic heterocycles. The Morgan fingerprint density at radius 2 is 2.32 bits per heavy atom. The summed E-state index contributed by atoms with van der Waals surface area (Å²) < 4.78 is 0. The molecule has 0 fully saturated rings. The lowest BCUT2D eigenvalue weighted by molar-refractivity contribution is -0.133. The number of likely N-dealkylation sites (N-methyl/N-ethyl adjacent to an activating group) is 1. The molecule has 0 aromatic heterocycles. The number of hydrogen-bond donors (Lipinski definition) is 1. The zero-order valence-corrected chi connectivity index (χ0v) is 11.4. The Hall–Kier alpha value is -1.86. The Balaban J connectivity index is 2.19. The molecule has 4 nitrogen and oxygen atoms in total. The van der Waals surface area contributed by atoms with Crippen molar-refractivity contribution in [2.24, 2.45) is 0 Å². The van der Waals surface area contributed by atoms with Crippen LogP contribution in [0.5, 0.6) is 0 Å². The quantitative estimate of drug-likeness (QED) is 0.895. The highest BCUT2D eigenvalue weighted by Gasteiger charge is 2.29. The van der Waals surface area contributed by atoms with Crippen LogP contribution in [0.1, 0.15) is 30.4 Å². The number of benzene rings is 1. The van der Waals surface area contributed by atoms with Crippen molar-refractivity contribution in [2.75, 3.05) is 13.6 Å². The van der Waals surface area contributed by atoms with E-state index in [2.05, 4.69) is 17.5 Å². The van der Waals surface area contributed by atoms with E-state index in [0.29, 0.717) is 13.0 Å². The van der Waals surface area contributed by atoms with Crippen LogP contribution in [0.25, 0.3) is 0 Å². The summed E-state index contributed by atoms with van der Waals surface area (Å²) in [5.41, 5.74) is 2.30. The van der Waals surface area contributed by atoms with E-state index in [-0.39, 0.29) is 17.9 Å². The van der Waals surface area contributed by atoms with Crippen LogP contribution in [0.15, 0.2) is 24.3 Å². The van der Waals surface area contributed by atoms with Crippen LogP contribution in [0.4, 0.5) is 0 Å². The molecule has 2 atom stereocenters. The molecule has 4 heteroatoms. The molecule has 1 heterocycles. The Kier molecular flexibility index (Phi) is 4.18. The standard InChI is InChI=1S/C15H19N3O/c1-11(7-8-16)18(2)15(19)14-10-17-9-12-5-3-4-6-13(12)14/h3-6,11,14,17H,7,9-10H2,1-2H3. The predicted octanol–water partition coefficient (Wildman–Crippen LogP) is 1.63. The summed E-state index contributed by atoms with van der Waals surface area (Å²) in [6.45, 7) is 3.39. The Morgan fingerprint density at radius 3 is 3.05 bits per heavy atom. The summed E-state index contributed by atoms with van der Waals surface area (Å²) >= 11 is 0. The van der Waals surface area contributed by atoms with E-state index < -0.39 is 0 Å². The van der Waals surface area contributed by atoms with Crippen LogP contribution in [-0.4, -0.2) is 30.4 Å². The van der Waals surface area contributed by atoms with Crippen molar-refractivity contribution in [3.63, 3.8) is 0 Å². The van der Waals surface area contributed by atoms with Crippen molar-refractivity contribution >= 4 is 5.91 Å². The third kappa shape index (κ3) is 2.77. The Labute approximate surface area is 114 Å². The Morgan fingerprint density at radius 1 is 1.58 bits per heavy atom. The van der Waals surface area contributed by atoms with Crippen molar-refractivity contribution in [3.05, 3.63) is 35.4 Å². The highest BCUT2D eigenvalue weighted by atomic mass is 16.2. The first-order chi connectivity index (χ1) is 9.15. The number of nitriles is 1. The predicted molar refractivity (Wildman–Crippen MR) is 73.4 cm³/mol. The fourth-order valence-corrected chi connectivity index (χ4v) is 2.45. The van der Waals surface area contributed by atoms with E-state index in [9.17, 15) is 4.79 Å². The van der Waals surface area contributed by atoms with E-state index in [0.717, 1.165) is 12.1 Å². The summed E-state index contributed by atoms with van der Waals surface area (Å²) in [6, 6.07) is 10.1. The van der Waals surface area contributed by atoms with Gasteiger partial charge in [-0.15, -0.1) is 0 Å². The highest BCUT2D eigenvalue weighted by molar-refractivity contribution is 5.84. The van der Waals surface area contributed by atoms with E-state index in [1.807, 2.05) is 25.1 Å². The fraction of sp³-hybridized carbons (Fsp3) is 0.467. The van der Waals surface area contributed by atoms with Crippen LogP contribution in [0.2, 0.25) is 0 Å². The maximum Gasteiger partial charge on any atom is 0.231 e. The van der Waals surface area contributed by atoms with Gasteiger partial charge in [0.1, 0.15) is 0 Å². The van der Waals surface area contributed by atoms with E-state index in [1.54, 1.807) is 11.9 Å². The average molecular weight is 257 g/mol. The minimum atomic E-state index is -0.143. The smallest absolute Gasteiger partial charge is 0.231 e. The van der Waals surface area contributed by atoms with Gasteiger partial charge in [0.15, 0.2) is 0 Å². The van der Waals surface area contributed by atoms with Crippen molar-refractivity contribution in [3.8, 4) is 6.07 Å². The summed E-state index contributed by atoms with van der Waals surface area (Å²) in [6.07, 6.45) is 0.365. The van der Waals surface area contributed by atoms with Gasteiger partial charge in [-0.2, -0.15) is 5.26 Å². The van der Waals surface area contributed by atoms with Gasteiger partial charge in [0.05, 0.1) is 18.4 Å². The van der Waals surface area contributed by atoms with Gasteiger partial charge in [0.25, 0.3) is 0 Å². The third-order valence-corrected chi connectivity index (χ3v) is 3.79. The second-order valence-corrected chi connectivity index (χ2v) is 5.04. The summed E-state index contributed by atoms with van der Waals surface area (Å²) in [5.74, 6) is -0.0570. The zero-order chi connectivity index (χ0) is 13.8. The molecule has 1 amide bonds. The van der Waals surface area contributed by atoms with Crippen LogP contribution in [0.3, 0.4) is 0 Å². The normalized spacial score (nSPS) is 19.1. The van der Waals surface area contributed by atoms with E-state index >= 15 is 0 Å². The number of carbonyl (C=O) groups is 1. The summed E-state index contributed by atoms with van der Waals surface area (Å²) in [5, 5.41) is 12.0. The molecule has 1 aliphatic rings. The molecule has 19 heavy (non-hydrogen) atoms. The molecule has 2 unspecified atom stereocenters. The Bertz CT molecular complexity index is 506. The van der Waals surface area contributed by atoms with Gasteiger partial charge in [0.2, 0.25) is 5.91 Å². The molecule has 1 aromatic rings. The molecule has 0 aliphatic carbocycles. The first kappa shape index (κ1) is 13.6. The lowest BCUT2D eigenvalue weighted by Gasteiger charge is -2.31. The second kappa shape index (κ2) is 5.85. The average Bonchev–Trinajstić information content (AvgIpc) is 2.45. The monoisotopic (exact) mass is 257 g/mol. The number of amides is 1. The topological polar surface area (TPSA) is 56.1 Å². The van der Waals surface area contributed by atoms with Crippen molar-refractivity contribution in [2.45, 2.75) is 31.8 Å². The maximum atomic E-state index is 12.6. The molecule has 0 radical (unpaired) electrons. The lowest BCUT2D eigenvalue weighted by atomic mass is 9.89. The highest BCUT2D eigenvalue weighted by Crippen LogP contribution is 2.26. The van der Waals surface area contributed by atoms with Gasteiger partial charge in [-0.1, -0.05) is 24.3 Å². The van der Waals surface area contributed by atoms with Gasteiger partial charge in [0, 0.05) is 26.2 Å². The molecule has 0 saturated heterocycles. The third-order valence-electron chi connectivity index (χ3n) is 3.79. The second-order valence-electron chi connectivity index (χ2n) is 5.04. The SMILES string of the molecule is CC(CC#N)N(C)C(=O)C1CNCc2ccccc21. The summed E-state index contributed by atoms with van der Waals surface area (Å²) in [4.78, 5) is 14.2. The largest absolute Gasteiger partial charge is 0.341 e. The van der Waals surface area contributed by atoms with Gasteiger partial charge >= 0.3 is 0 Å². The molecule has 2 rings (SSSR count). The molecule has 0 spiro atoms. The number of fused-ring (bicyclic) bond motifs is 1. The zero-order valence-electron chi connectivity index (χ0n) is 11.4. The first-order valence-corrected chi connectivity index (χ1v) is 6.57. The molecule has 0 bridgehead atoms. The number of nitrogens with one attached hydrogen (secondary N) is 1. The van der Waals surface area contributed by atoms with Gasteiger partial charge in [-0.05, 0) is 18.1 Å².